The van der Waals surface area contributed by atoms with Crippen molar-refractivity contribution in [1.29, 1.82) is 0 Å². The Morgan fingerprint density at radius 1 is 1.47 bits per heavy atom. The molecule has 1 rings (SSSR count). The van der Waals surface area contributed by atoms with Crippen molar-refractivity contribution in [3.63, 3.8) is 0 Å². The molecule has 0 fully saturated rings. The lowest BCUT2D eigenvalue weighted by Crippen LogP contribution is -2.32. The van der Waals surface area contributed by atoms with Gasteiger partial charge in [0.25, 0.3) is 0 Å². The second-order valence-electron chi connectivity index (χ2n) is 4.11. The molecule has 0 aliphatic carbocycles. The smallest absolute Gasteiger partial charge is 0.123 e. The van der Waals surface area contributed by atoms with E-state index in [1.165, 1.54) is 12.1 Å². The molecule has 0 spiro atoms. The summed E-state index contributed by atoms with van der Waals surface area (Å²) in [5, 5.41) is 19.8. The number of aliphatic hydroxyl groups excluding tert-OH is 1. The Balaban J connectivity index is 3.10. The number of hydrogen-bond acceptors (Lipinski definition) is 2. The molecule has 0 radical (unpaired) electrons. The van der Waals surface area contributed by atoms with E-state index in [2.05, 4.69) is 0 Å². The predicted octanol–water partition coefficient (Wildman–Crippen LogP) is 2.33. The van der Waals surface area contributed by atoms with Gasteiger partial charge in [-0.25, -0.2) is 4.39 Å². The lowest BCUT2D eigenvalue weighted by Gasteiger charge is -2.29. The fourth-order valence-corrected chi connectivity index (χ4v) is 1.43. The molecule has 0 saturated carbocycles. The highest BCUT2D eigenvalue weighted by Gasteiger charge is 2.30. The summed E-state index contributed by atoms with van der Waals surface area (Å²) in [6, 6.07) is 4.20. The van der Waals surface area contributed by atoms with Gasteiger partial charge in [-0.05, 0) is 43.5 Å². The van der Waals surface area contributed by atoms with E-state index in [1.807, 2.05) is 0 Å². The molecule has 0 bridgehead atoms. The van der Waals surface area contributed by atoms with E-state index in [1.54, 1.807) is 26.8 Å². The highest BCUT2D eigenvalue weighted by Crippen LogP contribution is 2.30. The van der Waals surface area contributed by atoms with E-state index < -0.39 is 17.5 Å². The van der Waals surface area contributed by atoms with Gasteiger partial charge >= 0.3 is 0 Å². The quantitative estimate of drug-likeness (QED) is 0.807. The lowest BCUT2D eigenvalue weighted by molar-refractivity contribution is -0.0662. The monoisotopic (exact) mass is 212 g/mol. The van der Waals surface area contributed by atoms with Crippen LogP contribution in [0.3, 0.4) is 0 Å². The van der Waals surface area contributed by atoms with E-state index in [0.29, 0.717) is 12.0 Å². The third-order valence-electron chi connectivity index (χ3n) is 2.84. The maximum absolute atomic E-state index is 13.0. The maximum atomic E-state index is 13.0. The van der Waals surface area contributed by atoms with Crippen LogP contribution < -0.4 is 0 Å². The molecule has 1 aromatic rings. The van der Waals surface area contributed by atoms with Crippen LogP contribution in [0.2, 0.25) is 0 Å². The number of aryl methyl sites for hydroxylation is 1. The minimum absolute atomic E-state index is 0.401. The zero-order chi connectivity index (χ0) is 11.6. The van der Waals surface area contributed by atoms with Crippen LogP contribution in [0.4, 0.5) is 4.39 Å². The van der Waals surface area contributed by atoms with Gasteiger partial charge < -0.3 is 10.2 Å². The first-order chi connectivity index (χ1) is 6.88. The van der Waals surface area contributed by atoms with Crippen LogP contribution in [-0.4, -0.2) is 15.8 Å². The number of rotatable bonds is 3. The SMILES string of the molecule is CCC(C)(O)C(O)c1cc(F)ccc1C. The molecule has 2 atom stereocenters. The maximum Gasteiger partial charge on any atom is 0.123 e. The summed E-state index contributed by atoms with van der Waals surface area (Å²) >= 11 is 0. The number of benzene rings is 1. The Labute approximate surface area is 89.4 Å². The van der Waals surface area contributed by atoms with Crippen LogP contribution in [0.1, 0.15) is 37.5 Å². The van der Waals surface area contributed by atoms with Crippen LogP contribution in [0.15, 0.2) is 18.2 Å². The van der Waals surface area contributed by atoms with Crippen LogP contribution >= 0.6 is 0 Å². The van der Waals surface area contributed by atoms with Gasteiger partial charge in [-0.3, -0.25) is 0 Å². The van der Waals surface area contributed by atoms with Crippen molar-refractivity contribution in [1.82, 2.24) is 0 Å². The molecule has 2 N–H and O–H groups in total. The first-order valence-electron chi connectivity index (χ1n) is 5.05. The summed E-state index contributed by atoms with van der Waals surface area (Å²) in [5.41, 5.74) is -0.00192. The van der Waals surface area contributed by atoms with E-state index in [-0.39, 0.29) is 0 Å². The van der Waals surface area contributed by atoms with E-state index in [4.69, 9.17) is 0 Å². The van der Waals surface area contributed by atoms with Crippen molar-refractivity contribution in [3.05, 3.63) is 35.1 Å². The molecule has 2 unspecified atom stereocenters. The largest absolute Gasteiger partial charge is 0.387 e. The van der Waals surface area contributed by atoms with Gasteiger partial charge in [-0.2, -0.15) is 0 Å². The molecule has 15 heavy (non-hydrogen) atoms. The molecular weight excluding hydrogens is 195 g/mol. The number of aliphatic hydroxyl groups is 2. The minimum atomic E-state index is -1.22. The zero-order valence-corrected chi connectivity index (χ0v) is 9.29. The van der Waals surface area contributed by atoms with Gasteiger partial charge in [-0.15, -0.1) is 0 Å². The fraction of sp³-hybridized carbons (Fsp3) is 0.500. The summed E-state index contributed by atoms with van der Waals surface area (Å²) in [5.74, 6) is -0.401. The normalized spacial score (nSPS) is 17.2. The molecule has 0 aromatic heterocycles. The predicted molar refractivity (Wildman–Crippen MR) is 57.0 cm³/mol. The Kier molecular flexibility index (Phi) is 3.47. The zero-order valence-electron chi connectivity index (χ0n) is 9.29. The van der Waals surface area contributed by atoms with E-state index in [9.17, 15) is 14.6 Å². The highest BCUT2D eigenvalue weighted by molar-refractivity contribution is 5.30. The van der Waals surface area contributed by atoms with Gasteiger partial charge in [0.1, 0.15) is 11.9 Å². The standard InChI is InChI=1S/C12H17FO2/c1-4-12(3,15)11(14)10-7-9(13)6-5-8(10)2/h5-7,11,14-15H,4H2,1-3H3. The molecule has 0 aliphatic heterocycles. The van der Waals surface area contributed by atoms with Crippen LogP contribution in [0, 0.1) is 12.7 Å². The molecule has 3 heteroatoms. The molecule has 1 aromatic carbocycles. The van der Waals surface area contributed by atoms with E-state index in [0.717, 1.165) is 5.56 Å². The molecule has 0 aliphatic rings. The first kappa shape index (κ1) is 12.1. The second-order valence-corrected chi connectivity index (χ2v) is 4.11. The molecule has 0 amide bonds. The van der Waals surface area contributed by atoms with E-state index >= 15 is 0 Å². The third-order valence-corrected chi connectivity index (χ3v) is 2.84. The summed E-state index contributed by atoms with van der Waals surface area (Å²) in [6.45, 7) is 5.10. The highest BCUT2D eigenvalue weighted by atomic mass is 19.1. The second kappa shape index (κ2) is 4.29. The van der Waals surface area contributed by atoms with Gasteiger partial charge in [0, 0.05) is 0 Å². The van der Waals surface area contributed by atoms with Crippen molar-refractivity contribution in [2.24, 2.45) is 0 Å². The molecule has 0 saturated heterocycles. The van der Waals surface area contributed by atoms with Gasteiger partial charge in [0.15, 0.2) is 0 Å². The molecule has 84 valence electrons. The van der Waals surface area contributed by atoms with Crippen molar-refractivity contribution in [2.45, 2.75) is 38.9 Å². The van der Waals surface area contributed by atoms with Crippen LogP contribution in [0.25, 0.3) is 0 Å². The minimum Gasteiger partial charge on any atom is -0.387 e. The Hall–Kier alpha value is -0.930. The van der Waals surface area contributed by atoms with Gasteiger partial charge in [-0.1, -0.05) is 13.0 Å². The van der Waals surface area contributed by atoms with Crippen molar-refractivity contribution in [2.75, 3.05) is 0 Å². The summed E-state index contributed by atoms with van der Waals surface area (Å²) in [4.78, 5) is 0. The van der Waals surface area contributed by atoms with Gasteiger partial charge in [0.05, 0.1) is 5.60 Å². The number of halogens is 1. The third kappa shape index (κ3) is 2.55. The van der Waals surface area contributed by atoms with Crippen molar-refractivity contribution >= 4 is 0 Å². The molecule has 2 nitrogen and oxygen atoms in total. The first-order valence-corrected chi connectivity index (χ1v) is 5.05. The van der Waals surface area contributed by atoms with Crippen LogP contribution in [0.5, 0.6) is 0 Å². The average Bonchev–Trinajstić information content (AvgIpc) is 2.20. The topological polar surface area (TPSA) is 40.5 Å². The Morgan fingerprint density at radius 2 is 2.07 bits per heavy atom. The average molecular weight is 212 g/mol. The lowest BCUT2D eigenvalue weighted by atomic mass is 9.88. The van der Waals surface area contributed by atoms with Crippen LogP contribution in [-0.2, 0) is 0 Å². The molecule has 0 heterocycles. The molecular formula is C12H17FO2. The summed E-state index contributed by atoms with van der Waals surface area (Å²) in [6.07, 6.45) is -0.650. The summed E-state index contributed by atoms with van der Waals surface area (Å²) in [7, 11) is 0. The van der Waals surface area contributed by atoms with Gasteiger partial charge in [0.2, 0.25) is 0 Å². The van der Waals surface area contributed by atoms with Crippen molar-refractivity contribution in [3.8, 4) is 0 Å². The number of hydrogen-bond donors (Lipinski definition) is 2. The Bertz CT molecular complexity index is 347. The van der Waals surface area contributed by atoms with Crippen molar-refractivity contribution < 1.29 is 14.6 Å². The summed E-state index contributed by atoms with van der Waals surface area (Å²) < 4.78 is 13.0. The fourth-order valence-electron chi connectivity index (χ4n) is 1.43. The Morgan fingerprint density at radius 3 is 2.60 bits per heavy atom.